The number of hydrogen-bond acceptors (Lipinski definition) is 1. The predicted octanol–water partition coefficient (Wildman–Crippen LogP) is -8.16. The molecule has 0 atom stereocenters. The third-order valence-electron chi connectivity index (χ3n) is 0. The summed E-state index contributed by atoms with van der Waals surface area (Å²) in [5.41, 5.74) is 0. The van der Waals surface area contributed by atoms with Crippen molar-refractivity contribution in [1.82, 2.24) is 0 Å². The van der Waals surface area contributed by atoms with E-state index in [0.29, 0.717) is 0 Å². The summed E-state index contributed by atoms with van der Waals surface area (Å²) in [5.74, 6) is 0. The molecule has 0 heterocycles. The summed E-state index contributed by atoms with van der Waals surface area (Å²) >= 11 is -5.35. The molecule has 0 aliphatic heterocycles. The fourth-order valence-electron chi connectivity index (χ4n) is 0. The summed E-state index contributed by atoms with van der Waals surface area (Å²) in [6.07, 6.45) is 0. The van der Waals surface area contributed by atoms with Gasteiger partial charge in [0.05, 0.1) is 0 Å². The molecule has 0 fully saturated rings. The van der Waals surface area contributed by atoms with E-state index in [1.807, 2.05) is 0 Å². The van der Waals surface area contributed by atoms with Gasteiger partial charge in [-0.2, -0.15) is 0 Å². The van der Waals surface area contributed by atoms with E-state index in [-0.39, 0.29) is 56.1 Å². The molecule has 7 heavy (non-hydrogen) atoms. The molecule has 0 saturated carbocycles. The van der Waals surface area contributed by atoms with E-state index < -0.39 is 20.1 Å². The Kier molecular flexibility index (Phi) is 14.2. The van der Waals surface area contributed by atoms with Crippen LogP contribution in [0.2, 0.25) is 0 Å². The molecule has 0 aliphatic rings. The van der Waals surface area contributed by atoms with Crippen LogP contribution in [0.1, 0.15) is 0 Å². The zero-order valence-corrected chi connectivity index (χ0v) is 9.25. The Morgan fingerprint density at radius 3 is 1.14 bits per heavy atom. The molecule has 0 aliphatic carbocycles. The van der Waals surface area contributed by atoms with Crippen molar-refractivity contribution in [3.8, 4) is 0 Å². The van der Waals surface area contributed by atoms with Crippen molar-refractivity contribution in [2.75, 3.05) is 0 Å². The molecule has 0 amide bonds. The van der Waals surface area contributed by atoms with Crippen LogP contribution in [0, 0.1) is 0 Å². The van der Waals surface area contributed by atoms with Gasteiger partial charge < -0.3 is 4.70 Å². The first-order valence-corrected chi connectivity index (χ1v) is 5.25. The van der Waals surface area contributed by atoms with Gasteiger partial charge in [0, 0.05) is 0 Å². The van der Waals surface area contributed by atoms with Gasteiger partial charge in [0.2, 0.25) is 0 Å². The first kappa shape index (κ1) is 16.0. The molecule has 0 bridgehead atoms. The van der Waals surface area contributed by atoms with E-state index in [2.05, 4.69) is 0 Å². The van der Waals surface area contributed by atoms with Crippen LogP contribution in [0.4, 0.5) is 0 Å². The van der Waals surface area contributed by atoms with Gasteiger partial charge in [-0.25, -0.2) is 0 Å². The summed E-state index contributed by atoms with van der Waals surface area (Å²) < 4.78 is 30.8. The van der Waals surface area contributed by atoms with Gasteiger partial charge in [0.15, 0.2) is 0 Å². The van der Waals surface area contributed by atoms with E-state index in [9.17, 15) is 0 Å². The molecule has 0 rings (SSSR count). The monoisotopic (exact) mass is 246 g/mol. The summed E-state index contributed by atoms with van der Waals surface area (Å²) in [7, 11) is 0. The molecular weight excluding hydrogens is 244 g/mol. The zero-order valence-electron chi connectivity index (χ0n) is 3.58. The third-order valence-corrected chi connectivity index (χ3v) is 0. The Bertz CT molecular complexity index is 57.8. The molecule has 0 radical (unpaired) electrons. The molecule has 0 unspecified atom stereocenters. The fourth-order valence-corrected chi connectivity index (χ4v) is 0. The molecule has 0 aromatic rings. The molecule has 0 saturated heterocycles. The van der Waals surface area contributed by atoms with Crippen LogP contribution in [-0.4, -0.2) is 30.2 Å². The Labute approximate surface area is 87.4 Å². The number of hydrogen-bond donors (Lipinski definition) is 3. The van der Waals surface area contributed by atoms with Gasteiger partial charge in [0.25, 0.3) is 0 Å². The van der Waals surface area contributed by atoms with E-state index >= 15 is 0 Å². The molecule has 0 aromatic carbocycles. The van der Waals surface area contributed by atoms with Crippen molar-refractivity contribution in [3.05, 3.63) is 0 Å². The third kappa shape index (κ3) is 69.6. The minimum absolute atomic E-state index is 0. The normalized spacial score (nSPS) is 8.43. The number of rotatable bonds is 0. The molecule has 4 nitrogen and oxygen atoms in total. The van der Waals surface area contributed by atoms with Crippen molar-refractivity contribution >= 4 is 20.1 Å². The molecule has 0 spiro atoms. The maximum atomic E-state index is 8.97. The van der Waals surface area contributed by atoms with E-state index in [0.717, 1.165) is 0 Å². The van der Waals surface area contributed by atoms with E-state index in [4.69, 9.17) is 13.2 Å². The van der Waals surface area contributed by atoms with Crippen molar-refractivity contribution < 1.29 is 69.3 Å². The Balaban J connectivity index is -0.0000000800. The van der Waals surface area contributed by atoms with E-state index in [1.54, 1.807) is 0 Å². The van der Waals surface area contributed by atoms with Crippen LogP contribution in [0.5, 0.6) is 0 Å². The number of halogens is 1. The minimum atomic E-state index is -5.35. The standard InChI is InChI=1S/FH.K.3H2O.O.Sb/h1H;;3*1H2;;/q;+1;;;;;+3/p-4. The second-order valence-corrected chi connectivity index (χ2v) is 3.44. The zero-order chi connectivity index (χ0) is 4.50. The van der Waals surface area contributed by atoms with Gasteiger partial charge >= 0.3 is 84.6 Å². The van der Waals surface area contributed by atoms with Crippen LogP contribution in [0.25, 0.3) is 0 Å². The molecular formula is H3FKO4Sb. The second kappa shape index (κ2) is 6.19. The molecule has 40 valence electrons. The van der Waals surface area contributed by atoms with Crippen LogP contribution >= 0.6 is 0 Å². The quantitative estimate of drug-likeness (QED) is 0.371. The van der Waals surface area contributed by atoms with Crippen molar-refractivity contribution in [2.24, 2.45) is 0 Å². The Morgan fingerprint density at radius 1 is 1.14 bits per heavy atom. The molecule has 0 aromatic heterocycles. The van der Waals surface area contributed by atoms with Crippen molar-refractivity contribution in [1.29, 1.82) is 0 Å². The van der Waals surface area contributed by atoms with Crippen LogP contribution < -0.4 is 56.1 Å². The molecule has 7 heteroatoms. The van der Waals surface area contributed by atoms with E-state index in [1.165, 1.54) is 0 Å². The second-order valence-electron chi connectivity index (χ2n) is 0.513. The van der Waals surface area contributed by atoms with Gasteiger partial charge in [-0.15, -0.1) is 0 Å². The van der Waals surface area contributed by atoms with Gasteiger partial charge in [-0.05, 0) is 0 Å². The van der Waals surface area contributed by atoms with Gasteiger partial charge in [-0.1, -0.05) is 0 Å². The van der Waals surface area contributed by atoms with Gasteiger partial charge in [-0.3, -0.25) is 0 Å². The summed E-state index contributed by atoms with van der Waals surface area (Å²) in [6, 6.07) is 0. The average Bonchev–Trinajstić information content (AvgIpc) is 0.722. The predicted molar refractivity (Wildman–Crippen MR) is 13.1 cm³/mol. The average molecular weight is 247 g/mol. The summed E-state index contributed by atoms with van der Waals surface area (Å²) in [4.78, 5) is 0. The Hall–Kier alpha value is 2.06. The fraction of sp³-hybridized carbons (Fsp3) is 0. The van der Waals surface area contributed by atoms with Crippen LogP contribution in [-0.2, 0) is 3.02 Å². The first-order valence-electron chi connectivity index (χ1n) is 0.783. The SMILES string of the molecule is [F-].[K+].[O]=[Sb]([OH])([OH])[OH]. The maximum absolute atomic E-state index is 8.97. The van der Waals surface area contributed by atoms with Crippen LogP contribution in [0.15, 0.2) is 0 Å². The Morgan fingerprint density at radius 2 is 1.14 bits per heavy atom. The van der Waals surface area contributed by atoms with Crippen molar-refractivity contribution in [2.45, 2.75) is 0 Å². The first-order chi connectivity index (χ1) is 2.00. The van der Waals surface area contributed by atoms with Crippen molar-refractivity contribution in [3.63, 3.8) is 0 Å². The van der Waals surface area contributed by atoms with Gasteiger partial charge in [0.1, 0.15) is 0 Å². The van der Waals surface area contributed by atoms with Crippen LogP contribution in [0.3, 0.4) is 0 Å². The topological polar surface area (TPSA) is 77.8 Å². The molecule has 3 N–H and O–H groups in total. The summed E-state index contributed by atoms with van der Waals surface area (Å²) in [5, 5.41) is 0. The summed E-state index contributed by atoms with van der Waals surface area (Å²) in [6.45, 7) is 0.